The minimum Gasteiger partial charge on any atom is -0.0616 e. The first kappa shape index (κ1) is 5.32. The zero-order valence-corrected chi connectivity index (χ0v) is 8.39. The van der Waals surface area contributed by atoms with Crippen LogP contribution in [0.4, 0.5) is 0 Å². The van der Waals surface area contributed by atoms with Gasteiger partial charge in [-0.05, 0) is 28.5 Å². The third-order valence-corrected chi connectivity index (χ3v) is 2.62. The standard InChI is InChI=1S/C15H12/c1-11-6-7-13-9-8-12-4-2-3-5-14(12)15(13)10-11/h2-10H,1H3/i2D,3D,4D,5D. The summed E-state index contributed by atoms with van der Waals surface area (Å²) in [6.07, 6.45) is 0. The number of benzene rings is 3. The van der Waals surface area contributed by atoms with E-state index in [4.69, 9.17) is 5.48 Å². The van der Waals surface area contributed by atoms with E-state index in [1.807, 2.05) is 31.2 Å². The van der Waals surface area contributed by atoms with Crippen molar-refractivity contribution in [2.45, 2.75) is 6.92 Å². The molecule has 0 aliphatic carbocycles. The van der Waals surface area contributed by atoms with Gasteiger partial charge in [0.2, 0.25) is 0 Å². The summed E-state index contributed by atoms with van der Waals surface area (Å²) in [7, 11) is 0. The van der Waals surface area contributed by atoms with Crippen molar-refractivity contribution < 1.29 is 5.48 Å². The van der Waals surface area contributed by atoms with Crippen LogP contribution >= 0.6 is 0 Å². The van der Waals surface area contributed by atoms with E-state index in [9.17, 15) is 0 Å². The molecular weight excluding hydrogens is 180 g/mol. The molecule has 0 aliphatic rings. The molecule has 0 heteroatoms. The quantitative estimate of drug-likeness (QED) is 0.470. The SMILES string of the molecule is [2H]c1c([2H])c([2H])c2c(ccc3ccc(C)cc32)c1[2H]. The smallest absolute Gasteiger partial charge is 0.0616 e. The molecule has 3 rings (SSSR count). The van der Waals surface area contributed by atoms with Gasteiger partial charge in [-0.3, -0.25) is 0 Å². The molecule has 0 bridgehead atoms. The minimum atomic E-state index is -0.176. The van der Waals surface area contributed by atoms with E-state index in [0.717, 1.165) is 16.3 Å². The molecule has 3 aromatic rings. The van der Waals surface area contributed by atoms with Gasteiger partial charge in [-0.2, -0.15) is 0 Å². The third-order valence-electron chi connectivity index (χ3n) is 2.62. The van der Waals surface area contributed by atoms with Crippen molar-refractivity contribution in [3.63, 3.8) is 0 Å². The van der Waals surface area contributed by atoms with Gasteiger partial charge >= 0.3 is 0 Å². The van der Waals surface area contributed by atoms with Gasteiger partial charge in [0.15, 0.2) is 0 Å². The van der Waals surface area contributed by atoms with Crippen LogP contribution in [0.1, 0.15) is 11.0 Å². The molecule has 0 atom stereocenters. The highest BCUT2D eigenvalue weighted by molar-refractivity contribution is 6.07. The van der Waals surface area contributed by atoms with Crippen molar-refractivity contribution in [3.05, 3.63) is 60.1 Å². The molecule has 0 radical (unpaired) electrons. The minimum absolute atomic E-state index is 0.0272. The van der Waals surface area contributed by atoms with E-state index in [0.29, 0.717) is 10.8 Å². The highest BCUT2D eigenvalue weighted by atomic mass is 14.0. The fourth-order valence-corrected chi connectivity index (χ4v) is 1.86. The lowest BCUT2D eigenvalue weighted by Crippen LogP contribution is -1.78. The van der Waals surface area contributed by atoms with Gasteiger partial charge < -0.3 is 0 Å². The monoisotopic (exact) mass is 196 g/mol. The lowest BCUT2D eigenvalue weighted by molar-refractivity contribution is 1.51. The maximum Gasteiger partial charge on any atom is 0.0629 e. The van der Waals surface area contributed by atoms with Gasteiger partial charge in [0, 0.05) is 0 Å². The summed E-state index contributed by atoms with van der Waals surface area (Å²) < 4.78 is 31.6. The van der Waals surface area contributed by atoms with Crippen LogP contribution in [0.2, 0.25) is 0 Å². The second kappa shape index (κ2) is 3.09. The van der Waals surface area contributed by atoms with Crippen LogP contribution in [0, 0.1) is 6.92 Å². The zero-order valence-electron chi connectivity index (χ0n) is 12.4. The second-order valence-electron chi connectivity index (χ2n) is 3.71. The Bertz CT molecular complexity index is 822. The third kappa shape index (κ3) is 1.30. The normalized spacial score (nSPS) is 14.7. The van der Waals surface area contributed by atoms with Crippen LogP contribution < -0.4 is 0 Å². The Hall–Kier alpha value is -1.82. The van der Waals surface area contributed by atoms with E-state index in [1.165, 1.54) is 0 Å². The van der Waals surface area contributed by atoms with Crippen LogP contribution in [0.3, 0.4) is 0 Å². The van der Waals surface area contributed by atoms with E-state index in [-0.39, 0.29) is 24.2 Å². The average molecular weight is 196 g/mol. The van der Waals surface area contributed by atoms with Crippen LogP contribution in [0.25, 0.3) is 21.5 Å². The first-order valence-corrected chi connectivity index (χ1v) is 4.90. The molecule has 15 heavy (non-hydrogen) atoms. The Labute approximate surface area is 94.8 Å². The number of hydrogen-bond donors (Lipinski definition) is 0. The van der Waals surface area contributed by atoms with Crippen LogP contribution in [0.15, 0.2) is 54.5 Å². The molecule has 0 heterocycles. The zero-order chi connectivity index (χ0) is 13.7. The van der Waals surface area contributed by atoms with Gasteiger partial charge in [0.25, 0.3) is 0 Å². The molecule has 0 N–H and O–H groups in total. The largest absolute Gasteiger partial charge is 0.0629 e. The number of aryl methyl sites for hydroxylation is 1. The van der Waals surface area contributed by atoms with Crippen LogP contribution in [-0.4, -0.2) is 0 Å². The van der Waals surface area contributed by atoms with Gasteiger partial charge in [-0.25, -0.2) is 0 Å². The number of hydrogen-bond acceptors (Lipinski definition) is 0. The Morgan fingerprint density at radius 1 is 0.867 bits per heavy atom. The lowest BCUT2D eigenvalue weighted by atomic mass is 10.0. The van der Waals surface area contributed by atoms with E-state index >= 15 is 0 Å². The summed E-state index contributed by atoms with van der Waals surface area (Å²) in [6.45, 7) is 1.98. The fraction of sp³-hybridized carbons (Fsp3) is 0.0667. The molecule has 0 amide bonds. The van der Waals surface area contributed by atoms with Gasteiger partial charge in [-0.15, -0.1) is 0 Å². The Kier molecular flexibility index (Phi) is 1.10. The van der Waals surface area contributed by atoms with Crippen molar-refractivity contribution in [3.8, 4) is 0 Å². The predicted molar refractivity (Wildman–Crippen MR) is 66.2 cm³/mol. The summed E-state index contributed by atoms with van der Waals surface area (Å²) >= 11 is 0. The maximum absolute atomic E-state index is 8.09. The van der Waals surface area contributed by atoms with E-state index < -0.39 is 0 Å². The summed E-state index contributed by atoms with van der Waals surface area (Å²) in [6, 6.07) is 9.33. The number of rotatable bonds is 0. The van der Waals surface area contributed by atoms with Crippen molar-refractivity contribution in [1.82, 2.24) is 0 Å². The van der Waals surface area contributed by atoms with Crippen LogP contribution in [-0.2, 0) is 0 Å². The topological polar surface area (TPSA) is 0 Å². The molecule has 72 valence electrons. The van der Waals surface area contributed by atoms with Crippen molar-refractivity contribution in [2.24, 2.45) is 0 Å². The van der Waals surface area contributed by atoms with E-state index in [2.05, 4.69) is 0 Å². The van der Waals surface area contributed by atoms with E-state index in [1.54, 1.807) is 6.07 Å². The van der Waals surface area contributed by atoms with Crippen molar-refractivity contribution >= 4 is 21.5 Å². The Morgan fingerprint density at radius 2 is 1.60 bits per heavy atom. The molecule has 0 unspecified atom stereocenters. The molecule has 0 fully saturated rings. The molecule has 0 spiro atoms. The highest BCUT2D eigenvalue weighted by Gasteiger charge is 1.99. The second-order valence-corrected chi connectivity index (χ2v) is 3.71. The van der Waals surface area contributed by atoms with Crippen LogP contribution in [0.5, 0.6) is 0 Å². The maximum atomic E-state index is 8.09. The van der Waals surface area contributed by atoms with Crippen molar-refractivity contribution in [2.75, 3.05) is 0 Å². The Balaban J connectivity index is 2.65. The molecule has 0 nitrogen and oxygen atoms in total. The lowest BCUT2D eigenvalue weighted by Gasteiger charge is -2.04. The average Bonchev–Trinajstić information content (AvgIpc) is 2.41. The summed E-state index contributed by atoms with van der Waals surface area (Å²) in [4.78, 5) is 0. The molecular formula is C15H12. The molecule has 0 saturated heterocycles. The van der Waals surface area contributed by atoms with Gasteiger partial charge in [0.1, 0.15) is 0 Å². The van der Waals surface area contributed by atoms with Crippen molar-refractivity contribution in [1.29, 1.82) is 0 Å². The van der Waals surface area contributed by atoms with Gasteiger partial charge in [0.05, 0.1) is 5.48 Å². The number of fused-ring (bicyclic) bond motifs is 3. The molecule has 0 saturated carbocycles. The summed E-state index contributed by atoms with van der Waals surface area (Å²) in [5, 5.41) is 3.05. The highest BCUT2D eigenvalue weighted by Crippen LogP contribution is 2.25. The predicted octanol–water partition coefficient (Wildman–Crippen LogP) is 4.30. The first-order chi connectivity index (χ1) is 9.00. The fourth-order valence-electron chi connectivity index (χ4n) is 1.86. The Morgan fingerprint density at radius 3 is 2.53 bits per heavy atom. The summed E-state index contributed by atoms with van der Waals surface area (Å²) in [5.41, 5.74) is 1.08. The molecule has 0 aromatic heterocycles. The summed E-state index contributed by atoms with van der Waals surface area (Å²) in [5.74, 6) is 0. The van der Waals surface area contributed by atoms with Gasteiger partial charge in [-0.1, -0.05) is 60.1 Å². The molecule has 3 aromatic carbocycles. The first-order valence-electron chi connectivity index (χ1n) is 6.90. The molecule has 0 aliphatic heterocycles.